The van der Waals surface area contributed by atoms with Crippen molar-refractivity contribution in [2.45, 2.75) is 45.3 Å². The van der Waals surface area contributed by atoms with Crippen LogP contribution in [0, 0.1) is 5.92 Å². The second-order valence-electron chi connectivity index (χ2n) is 4.53. The van der Waals surface area contributed by atoms with Gasteiger partial charge in [0, 0.05) is 13.0 Å². The van der Waals surface area contributed by atoms with Crippen LogP contribution in [0.5, 0.6) is 0 Å². The Hall–Kier alpha value is -1.47. The molecule has 0 aliphatic heterocycles. The van der Waals surface area contributed by atoms with E-state index in [1.165, 1.54) is 0 Å². The Balaban J connectivity index is 3.84. The third kappa shape index (κ3) is 9.15. The fourth-order valence-corrected chi connectivity index (χ4v) is 1.36. The van der Waals surface area contributed by atoms with E-state index in [1.54, 1.807) is 13.8 Å². The number of hydrogen-bond donors (Lipinski definition) is 3. The van der Waals surface area contributed by atoms with Gasteiger partial charge in [0.1, 0.15) is 6.04 Å². The number of carboxylic acids is 1. The maximum absolute atomic E-state index is 11.8. The van der Waals surface area contributed by atoms with Crippen LogP contribution in [0.4, 0.5) is 18.0 Å². The van der Waals surface area contributed by atoms with Crippen molar-refractivity contribution in [3.05, 3.63) is 0 Å². The van der Waals surface area contributed by atoms with Gasteiger partial charge < -0.3 is 15.7 Å². The van der Waals surface area contributed by atoms with Crippen molar-refractivity contribution in [3.8, 4) is 0 Å². The summed E-state index contributed by atoms with van der Waals surface area (Å²) < 4.78 is 35.5. The molecule has 1 atom stereocenters. The average Bonchev–Trinajstić information content (AvgIpc) is 2.22. The van der Waals surface area contributed by atoms with Gasteiger partial charge in [-0.05, 0) is 18.8 Å². The van der Waals surface area contributed by atoms with E-state index < -0.39 is 30.6 Å². The summed E-state index contributed by atoms with van der Waals surface area (Å²) in [5.74, 6) is -1.43. The van der Waals surface area contributed by atoms with Crippen LogP contribution < -0.4 is 10.6 Å². The number of alkyl halides is 3. The zero-order valence-corrected chi connectivity index (χ0v) is 10.9. The van der Waals surface area contributed by atoms with Gasteiger partial charge >= 0.3 is 18.2 Å². The molecule has 0 aliphatic rings. The number of rotatable bonds is 7. The number of carbonyl (C=O) groups excluding carboxylic acids is 1. The smallest absolute Gasteiger partial charge is 0.389 e. The van der Waals surface area contributed by atoms with Crippen LogP contribution in [-0.4, -0.2) is 35.9 Å². The summed E-state index contributed by atoms with van der Waals surface area (Å²) in [6.07, 6.45) is -4.96. The largest absolute Gasteiger partial charge is 0.480 e. The molecular formula is C11H19F3N2O3. The third-order valence-corrected chi connectivity index (χ3v) is 2.39. The van der Waals surface area contributed by atoms with Crippen molar-refractivity contribution in [2.24, 2.45) is 5.92 Å². The number of hydrogen-bond acceptors (Lipinski definition) is 2. The number of nitrogens with one attached hydrogen (secondary N) is 2. The first-order valence-electron chi connectivity index (χ1n) is 5.97. The summed E-state index contributed by atoms with van der Waals surface area (Å²) in [6, 6.07) is -1.71. The van der Waals surface area contributed by atoms with Gasteiger partial charge in [0.2, 0.25) is 0 Å². The molecule has 0 aromatic carbocycles. The number of aliphatic carboxylic acids is 1. The fourth-order valence-electron chi connectivity index (χ4n) is 1.36. The maximum atomic E-state index is 11.8. The number of carbonyl (C=O) groups is 2. The lowest BCUT2D eigenvalue weighted by Crippen LogP contribution is -2.48. The van der Waals surface area contributed by atoms with Crippen molar-refractivity contribution in [3.63, 3.8) is 0 Å². The number of unbranched alkanes of at least 4 members (excludes halogenated alkanes) is 1. The Morgan fingerprint density at radius 2 is 1.79 bits per heavy atom. The molecule has 0 saturated carbocycles. The molecule has 3 N–H and O–H groups in total. The second-order valence-corrected chi connectivity index (χ2v) is 4.53. The molecule has 0 heterocycles. The number of carboxylic acid groups (broad SMARTS) is 1. The zero-order chi connectivity index (χ0) is 15.1. The Morgan fingerprint density at radius 3 is 2.21 bits per heavy atom. The maximum Gasteiger partial charge on any atom is 0.389 e. The zero-order valence-electron chi connectivity index (χ0n) is 10.9. The first-order chi connectivity index (χ1) is 8.63. The Kier molecular flexibility index (Phi) is 7.25. The van der Waals surface area contributed by atoms with Crippen LogP contribution >= 0.6 is 0 Å². The molecule has 8 heteroatoms. The summed E-state index contributed by atoms with van der Waals surface area (Å²) in [5.41, 5.74) is 0. The summed E-state index contributed by atoms with van der Waals surface area (Å²) in [4.78, 5) is 22.1. The van der Waals surface area contributed by atoms with E-state index in [-0.39, 0.29) is 25.3 Å². The summed E-state index contributed by atoms with van der Waals surface area (Å²) in [6.45, 7) is 3.36. The van der Waals surface area contributed by atoms with Crippen LogP contribution in [0.1, 0.15) is 33.1 Å². The molecule has 0 bridgehead atoms. The van der Waals surface area contributed by atoms with Crippen LogP contribution in [0.3, 0.4) is 0 Å². The van der Waals surface area contributed by atoms with Crippen molar-refractivity contribution in [1.82, 2.24) is 10.6 Å². The average molecular weight is 284 g/mol. The molecule has 0 fully saturated rings. The molecule has 19 heavy (non-hydrogen) atoms. The van der Waals surface area contributed by atoms with E-state index in [1.807, 2.05) is 0 Å². The molecule has 5 nitrogen and oxygen atoms in total. The van der Waals surface area contributed by atoms with E-state index in [9.17, 15) is 22.8 Å². The Morgan fingerprint density at radius 1 is 1.21 bits per heavy atom. The van der Waals surface area contributed by atoms with E-state index >= 15 is 0 Å². The topological polar surface area (TPSA) is 78.4 Å². The summed E-state index contributed by atoms with van der Waals surface area (Å²) >= 11 is 0. The summed E-state index contributed by atoms with van der Waals surface area (Å²) in [7, 11) is 0. The molecule has 0 saturated heterocycles. The quantitative estimate of drug-likeness (QED) is 0.627. The number of urea groups is 1. The SMILES string of the molecule is CC(C)C(NC(=O)NCCCCC(F)(F)F)C(=O)O. The minimum absolute atomic E-state index is 0.0731. The lowest BCUT2D eigenvalue weighted by atomic mass is 10.1. The van der Waals surface area contributed by atoms with E-state index in [2.05, 4.69) is 10.6 Å². The molecule has 0 rings (SSSR count). The summed E-state index contributed by atoms with van der Waals surface area (Å²) in [5, 5.41) is 13.4. The number of amides is 2. The standard InChI is InChI=1S/C11H19F3N2O3/c1-7(2)8(9(17)18)16-10(19)15-6-4-3-5-11(12,13)14/h7-8H,3-6H2,1-2H3,(H,17,18)(H2,15,16,19). The van der Waals surface area contributed by atoms with Crippen molar-refractivity contribution in [2.75, 3.05) is 6.54 Å². The molecule has 0 aliphatic carbocycles. The van der Waals surface area contributed by atoms with Crippen molar-refractivity contribution >= 4 is 12.0 Å². The minimum Gasteiger partial charge on any atom is -0.480 e. The highest BCUT2D eigenvalue weighted by atomic mass is 19.4. The van der Waals surface area contributed by atoms with Gasteiger partial charge in [-0.3, -0.25) is 0 Å². The van der Waals surface area contributed by atoms with Crippen molar-refractivity contribution < 1.29 is 27.9 Å². The minimum atomic E-state index is -4.19. The van der Waals surface area contributed by atoms with Crippen LogP contribution in [-0.2, 0) is 4.79 Å². The van der Waals surface area contributed by atoms with E-state index in [0.717, 1.165) is 0 Å². The third-order valence-electron chi connectivity index (χ3n) is 2.39. The molecule has 1 unspecified atom stereocenters. The Bertz CT molecular complexity index is 306. The lowest BCUT2D eigenvalue weighted by Gasteiger charge is -2.18. The highest BCUT2D eigenvalue weighted by Gasteiger charge is 2.26. The monoisotopic (exact) mass is 284 g/mol. The highest BCUT2D eigenvalue weighted by Crippen LogP contribution is 2.21. The molecule has 0 aromatic heterocycles. The van der Waals surface area contributed by atoms with Gasteiger partial charge in [0.25, 0.3) is 0 Å². The predicted octanol–water partition coefficient (Wildman–Crippen LogP) is 2.13. The fraction of sp³-hybridized carbons (Fsp3) is 0.818. The van der Waals surface area contributed by atoms with Gasteiger partial charge in [-0.1, -0.05) is 13.8 Å². The first-order valence-corrected chi connectivity index (χ1v) is 5.97. The van der Waals surface area contributed by atoms with Gasteiger partial charge in [-0.15, -0.1) is 0 Å². The van der Waals surface area contributed by atoms with Crippen LogP contribution in [0.25, 0.3) is 0 Å². The first kappa shape index (κ1) is 17.5. The van der Waals surface area contributed by atoms with Gasteiger partial charge in [-0.2, -0.15) is 13.2 Å². The molecular weight excluding hydrogens is 265 g/mol. The van der Waals surface area contributed by atoms with Crippen molar-refractivity contribution in [1.29, 1.82) is 0 Å². The van der Waals surface area contributed by atoms with E-state index in [4.69, 9.17) is 5.11 Å². The van der Waals surface area contributed by atoms with Gasteiger partial charge in [-0.25, -0.2) is 9.59 Å². The second kappa shape index (κ2) is 7.85. The molecule has 0 spiro atoms. The predicted molar refractivity (Wildman–Crippen MR) is 62.7 cm³/mol. The normalized spacial score (nSPS) is 13.2. The molecule has 0 radical (unpaired) electrons. The molecule has 0 aromatic rings. The Labute approximate surface area is 109 Å². The lowest BCUT2D eigenvalue weighted by molar-refractivity contribution is -0.140. The van der Waals surface area contributed by atoms with E-state index in [0.29, 0.717) is 0 Å². The number of halogens is 3. The van der Waals surface area contributed by atoms with Crippen LogP contribution in [0.2, 0.25) is 0 Å². The highest BCUT2D eigenvalue weighted by molar-refractivity contribution is 5.82. The molecule has 2 amide bonds. The van der Waals surface area contributed by atoms with Gasteiger partial charge in [0.05, 0.1) is 0 Å². The molecule has 112 valence electrons. The van der Waals surface area contributed by atoms with Crippen LogP contribution in [0.15, 0.2) is 0 Å². The van der Waals surface area contributed by atoms with Gasteiger partial charge in [0.15, 0.2) is 0 Å².